The molecule has 1 amide bonds. The third kappa shape index (κ3) is 4.61. The molecule has 34 heavy (non-hydrogen) atoms. The fourth-order valence-electron chi connectivity index (χ4n) is 4.15. The highest BCUT2D eigenvalue weighted by Gasteiger charge is 2.27. The molecule has 0 saturated carbocycles. The fourth-order valence-corrected chi connectivity index (χ4v) is 4.15. The number of aromatic nitrogens is 3. The second-order valence-corrected chi connectivity index (χ2v) is 8.42. The molecule has 0 bridgehead atoms. The fraction of sp³-hybridized carbons (Fsp3) is 0.231. The van der Waals surface area contributed by atoms with Crippen LogP contribution in [0.25, 0.3) is 22.3 Å². The molecule has 3 heterocycles. The average Bonchev–Trinajstić information content (AvgIpc) is 3.31. The zero-order valence-corrected chi connectivity index (χ0v) is 18.8. The number of anilines is 1. The number of phenolic OH excluding ortho intramolecular Hbond substituents is 1. The van der Waals surface area contributed by atoms with Crippen LogP contribution in [0.1, 0.15) is 21.8 Å². The summed E-state index contributed by atoms with van der Waals surface area (Å²) in [4.78, 5) is 28.0. The number of carbonyl (C=O) groups excluding carboxylic acids is 1. The largest absolute Gasteiger partial charge is 0.507 e. The summed E-state index contributed by atoms with van der Waals surface area (Å²) in [5, 5.41) is 14.3. The van der Waals surface area contributed by atoms with Gasteiger partial charge in [0.25, 0.3) is 0 Å². The maximum Gasteiger partial charge on any atom is 0.407 e. The molecule has 0 radical (unpaired) electrons. The van der Waals surface area contributed by atoms with Crippen molar-refractivity contribution in [1.82, 2.24) is 20.3 Å². The number of amides is 1. The molecule has 0 aliphatic carbocycles. The van der Waals surface area contributed by atoms with Gasteiger partial charge < -0.3 is 20.1 Å². The highest BCUT2D eigenvalue weighted by atomic mass is 16.5. The van der Waals surface area contributed by atoms with Crippen molar-refractivity contribution in [3.8, 4) is 17.1 Å². The van der Waals surface area contributed by atoms with Gasteiger partial charge >= 0.3 is 6.09 Å². The number of hydrogen-bond donors (Lipinski definition) is 2. The monoisotopic (exact) mass is 461 g/mol. The lowest BCUT2D eigenvalue weighted by Crippen LogP contribution is -2.37. The summed E-state index contributed by atoms with van der Waals surface area (Å²) in [6.07, 6.45) is 3.67. The number of benzene rings is 2. The van der Waals surface area contributed by atoms with Crippen molar-refractivity contribution in [3.63, 3.8) is 0 Å². The van der Waals surface area contributed by atoms with Crippen molar-refractivity contribution in [1.29, 1.82) is 0 Å². The van der Waals surface area contributed by atoms with Gasteiger partial charge in [0, 0.05) is 35.1 Å². The molecule has 1 fully saturated rings. The zero-order chi connectivity index (χ0) is 23.5. The molecule has 0 spiro atoms. The number of pyridine rings is 1. The Labute approximate surface area is 201 Å². The van der Waals surface area contributed by atoms with E-state index in [0.717, 1.165) is 40.8 Å². The van der Waals surface area contributed by atoms with Gasteiger partial charge in [0.1, 0.15) is 18.2 Å². The number of phenols is 1. The highest BCUT2D eigenvalue weighted by molar-refractivity contribution is 5.92. The molecule has 2 aromatic carbocycles. The van der Waals surface area contributed by atoms with E-state index in [0.29, 0.717) is 17.9 Å². The number of hydrogen-bond acceptors (Lipinski definition) is 7. The maximum absolute atomic E-state index is 12.3. The molecule has 1 aliphatic rings. The van der Waals surface area contributed by atoms with Crippen molar-refractivity contribution >= 4 is 22.8 Å². The molecule has 8 heteroatoms. The summed E-state index contributed by atoms with van der Waals surface area (Å²) in [6, 6.07) is 16.7. The summed E-state index contributed by atoms with van der Waals surface area (Å²) in [5.74, 6) is 1.40. The molecule has 1 atom stereocenters. The van der Waals surface area contributed by atoms with Crippen LogP contribution in [-0.2, 0) is 11.3 Å². The number of aromatic hydroxyl groups is 1. The van der Waals surface area contributed by atoms with Crippen LogP contribution in [0.5, 0.6) is 5.75 Å². The molecule has 1 aliphatic heterocycles. The van der Waals surface area contributed by atoms with Gasteiger partial charge in [0.2, 0.25) is 0 Å². The Bertz CT molecular complexity index is 1340. The smallest absolute Gasteiger partial charge is 0.407 e. The number of fused-ring (bicyclic) bond motifs is 1. The van der Waals surface area contributed by atoms with E-state index in [4.69, 9.17) is 14.7 Å². The van der Waals surface area contributed by atoms with Crippen LogP contribution in [0.2, 0.25) is 0 Å². The molecule has 8 nitrogen and oxygen atoms in total. The molecule has 2 N–H and O–H groups in total. The van der Waals surface area contributed by atoms with Crippen LogP contribution in [-0.4, -0.2) is 45.3 Å². The van der Waals surface area contributed by atoms with E-state index in [1.165, 1.54) is 0 Å². The third-order valence-corrected chi connectivity index (χ3v) is 5.91. The zero-order valence-electron chi connectivity index (χ0n) is 18.8. The van der Waals surface area contributed by atoms with E-state index in [9.17, 15) is 9.90 Å². The Kier molecular flexibility index (Phi) is 5.95. The van der Waals surface area contributed by atoms with Gasteiger partial charge in [-0.2, -0.15) is 0 Å². The molecule has 2 aromatic heterocycles. The Balaban J connectivity index is 0.00000160. The number of rotatable bonds is 5. The molecule has 1 saturated heterocycles. The number of para-hydroxylation sites is 1. The maximum atomic E-state index is 12.3. The van der Waals surface area contributed by atoms with Crippen molar-refractivity contribution in [3.05, 3.63) is 78.1 Å². The van der Waals surface area contributed by atoms with Gasteiger partial charge in [-0.25, -0.2) is 14.8 Å². The van der Waals surface area contributed by atoms with Crippen LogP contribution in [0, 0.1) is 6.92 Å². The van der Waals surface area contributed by atoms with Crippen LogP contribution < -0.4 is 10.2 Å². The van der Waals surface area contributed by atoms with Crippen LogP contribution >= 0.6 is 0 Å². The first kappa shape index (κ1) is 21.6. The molecule has 178 valence electrons. The standard InChI is InChI=1S/C26H25N5O3.3H2/c1-17-6-7-20-22(14-17)29-24(21-4-2-3-5-23(21)32)30-25(20)31-13-10-19(15-31)28-26(33)34-16-18-8-11-27-12-9-18;;;/h2-9,11-12,14,19,32H,10,13,15-16H2,1H3,(H,28,33);3*1H/t19-;;;/m1.../s1. The topological polar surface area (TPSA) is 100 Å². The predicted octanol–water partition coefficient (Wildman–Crippen LogP) is 4.95. The van der Waals surface area contributed by atoms with E-state index in [-0.39, 0.29) is 22.7 Å². The van der Waals surface area contributed by atoms with E-state index < -0.39 is 6.09 Å². The number of carbonyl (C=O) groups is 1. The summed E-state index contributed by atoms with van der Waals surface area (Å²) in [6.45, 7) is 3.55. The van der Waals surface area contributed by atoms with Gasteiger partial charge in [-0.15, -0.1) is 0 Å². The average molecular weight is 462 g/mol. The Morgan fingerprint density at radius 2 is 2.00 bits per heavy atom. The summed E-state index contributed by atoms with van der Waals surface area (Å²) in [7, 11) is 0. The van der Waals surface area contributed by atoms with Crippen molar-refractivity contribution in [2.45, 2.75) is 26.0 Å². The SMILES string of the molecule is Cc1ccc2c(N3CC[C@@H](NC(=O)OCc4ccncc4)C3)nc(-c3ccccc3O)nc2c1.[HH].[HH].[HH]. The van der Waals surface area contributed by atoms with E-state index in [1.807, 2.05) is 49.4 Å². The minimum absolute atomic E-state index is 0. The Morgan fingerprint density at radius 3 is 2.82 bits per heavy atom. The van der Waals surface area contributed by atoms with Crippen molar-refractivity contribution in [2.75, 3.05) is 18.0 Å². The first-order valence-electron chi connectivity index (χ1n) is 11.2. The van der Waals surface area contributed by atoms with Gasteiger partial charge in [-0.1, -0.05) is 18.2 Å². The number of nitrogens with one attached hydrogen (secondary N) is 1. The molecule has 0 unspecified atom stereocenters. The lowest BCUT2D eigenvalue weighted by Gasteiger charge is -2.21. The quantitative estimate of drug-likeness (QED) is 0.434. The number of ether oxygens (including phenoxy) is 1. The van der Waals surface area contributed by atoms with Crippen molar-refractivity contribution in [2.24, 2.45) is 0 Å². The molecular weight excluding hydrogens is 430 g/mol. The molecule has 4 aromatic rings. The van der Waals surface area contributed by atoms with Gasteiger partial charge in [0.05, 0.1) is 17.1 Å². The van der Waals surface area contributed by atoms with Gasteiger partial charge in [-0.3, -0.25) is 4.98 Å². The third-order valence-electron chi connectivity index (χ3n) is 5.91. The second-order valence-electron chi connectivity index (χ2n) is 8.42. The van der Waals surface area contributed by atoms with E-state index >= 15 is 0 Å². The summed E-state index contributed by atoms with van der Waals surface area (Å²) in [5.41, 5.74) is 3.38. The lowest BCUT2D eigenvalue weighted by molar-refractivity contribution is 0.136. The number of aryl methyl sites for hydroxylation is 1. The second kappa shape index (κ2) is 9.35. The first-order chi connectivity index (χ1) is 16.6. The predicted molar refractivity (Wildman–Crippen MR) is 136 cm³/mol. The number of nitrogens with zero attached hydrogens (tertiary/aromatic N) is 4. The van der Waals surface area contributed by atoms with Crippen LogP contribution in [0.15, 0.2) is 67.0 Å². The Hall–Kier alpha value is -4.20. The minimum Gasteiger partial charge on any atom is -0.507 e. The molecule has 5 rings (SSSR count). The summed E-state index contributed by atoms with van der Waals surface area (Å²) < 4.78 is 5.35. The molecular formula is C26H31N5O3. The van der Waals surface area contributed by atoms with Gasteiger partial charge in [0.15, 0.2) is 5.82 Å². The normalized spacial score (nSPS) is 15.4. The van der Waals surface area contributed by atoms with Crippen LogP contribution in [0.3, 0.4) is 0 Å². The first-order valence-corrected chi connectivity index (χ1v) is 11.2. The summed E-state index contributed by atoms with van der Waals surface area (Å²) >= 11 is 0. The number of alkyl carbamates (subject to hydrolysis) is 1. The van der Waals surface area contributed by atoms with Crippen LogP contribution in [0.4, 0.5) is 10.6 Å². The Morgan fingerprint density at radius 1 is 1.18 bits per heavy atom. The van der Waals surface area contributed by atoms with Gasteiger partial charge in [-0.05, 0) is 60.9 Å². The van der Waals surface area contributed by atoms with E-state index in [1.54, 1.807) is 24.5 Å². The lowest BCUT2D eigenvalue weighted by atomic mass is 10.1. The van der Waals surface area contributed by atoms with Crippen molar-refractivity contribution < 1.29 is 18.9 Å². The van der Waals surface area contributed by atoms with E-state index in [2.05, 4.69) is 15.2 Å². The minimum atomic E-state index is -0.443. The highest BCUT2D eigenvalue weighted by Crippen LogP contribution is 2.33.